The summed E-state index contributed by atoms with van der Waals surface area (Å²) < 4.78 is 12.7. The Morgan fingerprint density at radius 3 is 2.86 bits per heavy atom. The zero-order chi connectivity index (χ0) is 10.2. The van der Waals surface area contributed by atoms with Crippen LogP contribution in [0.25, 0.3) is 0 Å². The van der Waals surface area contributed by atoms with Gasteiger partial charge in [0.1, 0.15) is 5.82 Å². The number of aromatic nitrogens is 1. The third-order valence-corrected chi connectivity index (χ3v) is 2.52. The van der Waals surface area contributed by atoms with Gasteiger partial charge in [-0.15, -0.1) is 0 Å². The van der Waals surface area contributed by atoms with Crippen LogP contribution in [0.3, 0.4) is 0 Å². The van der Waals surface area contributed by atoms with Crippen LogP contribution in [0.4, 0.5) is 10.2 Å². The lowest BCUT2D eigenvalue weighted by Crippen LogP contribution is -2.50. The van der Waals surface area contributed by atoms with Gasteiger partial charge >= 0.3 is 0 Å². The molecule has 1 aromatic heterocycles. The molecule has 0 aromatic carbocycles. The van der Waals surface area contributed by atoms with E-state index >= 15 is 0 Å². The minimum absolute atomic E-state index is 0.139. The summed E-state index contributed by atoms with van der Waals surface area (Å²) in [6, 6.07) is 4.64. The van der Waals surface area contributed by atoms with E-state index in [2.05, 4.69) is 10.3 Å². The number of anilines is 1. The average Bonchev–Trinajstić information content (AvgIpc) is 2.00. The fourth-order valence-electron chi connectivity index (χ4n) is 1.87. The number of rotatable bonds is 2. The predicted octanol–water partition coefficient (Wildman–Crippen LogP) is 1.55. The fraction of sp³-hybridized carbons (Fsp3) is 0.500. The van der Waals surface area contributed by atoms with Gasteiger partial charge in [0.05, 0.1) is 6.10 Å². The van der Waals surface area contributed by atoms with E-state index in [1.54, 1.807) is 12.1 Å². The maximum Gasteiger partial charge on any atom is 0.214 e. The van der Waals surface area contributed by atoms with Crippen LogP contribution in [0.2, 0.25) is 0 Å². The topological polar surface area (TPSA) is 45.2 Å². The van der Waals surface area contributed by atoms with E-state index in [9.17, 15) is 9.50 Å². The highest BCUT2D eigenvalue weighted by atomic mass is 19.1. The first-order valence-electron chi connectivity index (χ1n) is 4.66. The molecule has 2 rings (SSSR count). The van der Waals surface area contributed by atoms with E-state index in [-0.39, 0.29) is 11.6 Å². The van der Waals surface area contributed by atoms with E-state index in [4.69, 9.17) is 0 Å². The molecule has 1 heterocycles. The van der Waals surface area contributed by atoms with E-state index in [1.165, 1.54) is 6.07 Å². The van der Waals surface area contributed by atoms with Crippen molar-refractivity contribution in [3.63, 3.8) is 0 Å². The highest BCUT2D eigenvalue weighted by Crippen LogP contribution is 2.34. The second-order valence-corrected chi connectivity index (χ2v) is 4.09. The molecule has 76 valence electrons. The Hall–Kier alpha value is -1.16. The van der Waals surface area contributed by atoms with E-state index < -0.39 is 5.95 Å². The minimum Gasteiger partial charge on any atom is -0.393 e. The van der Waals surface area contributed by atoms with Crippen LogP contribution >= 0.6 is 0 Å². The number of hydrogen-bond acceptors (Lipinski definition) is 3. The molecule has 1 aliphatic carbocycles. The molecule has 0 spiro atoms. The van der Waals surface area contributed by atoms with E-state index in [1.807, 2.05) is 6.92 Å². The van der Waals surface area contributed by atoms with Gasteiger partial charge in [-0.2, -0.15) is 4.39 Å². The Labute approximate surface area is 82.0 Å². The number of aliphatic hydroxyl groups excluding tert-OH is 1. The van der Waals surface area contributed by atoms with Crippen LogP contribution < -0.4 is 5.32 Å². The van der Waals surface area contributed by atoms with Gasteiger partial charge in [-0.1, -0.05) is 6.07 Å². The van der Waals surface area contributed by atoms with Gasteiger partial charge in [-0.3, -0.25) is 0 Å². The van der Waals surface area contributed by atoms with Crippen LogP contribution in [0.1, 0.15) is 19.8 Å². The maximum absolute atomic E-state index is 12.7. The molecule has 0 bridgehead atoms. The average molecular weight is 196 g/mol. The quantitative estimate of drug-likeness (QED) is 0.705. The van der Waals surface area contributed by atoms with Crippen molar-refractivity contribution in [3.05, 3.63) is 24.1 Å². The second-order valence-electron chi connectivity index (χ2n) is 4.09. The summed E-state index contributed by atoms with van der Waals surface area (Å²) in [6.45, 7) is 1.99. The molecular weight excluding hydrogens is 183 g/mol. The molecule has 2 N–H and O–H groups in total. The summed E-state index contributed by atoms with van der Waals surface area (Å²) in [5.74, 6) is 0.0397. The van der Waals surface area contributed by atoms with Crippen molar-refractivity contribution in [1.29, 1.82) is 0 Å². The van der Waals surface area contributed by atoms with Crippen molar-refractivity contribution >= 4 is 5.82 Å². The lowest BCUT2D eigenvalue weighted by molar-refractivity contribution is 0.0421. The summed E-state index contributed by atoms with van der Waals surface area (Å²) in [6.07, 6.45) is 1.14. The third kappa shape index (κ3) is 1.85. The summed E-state index contributed by atoms with van der Waals surface area (Å²) in [5.41, 5.74) is -0.139. The second kappa shape index (κ2) is 3.20. The lowest BCUT2D eigenvalue weighted by atomic mass is 9.76. The zero-order valence-corrected chi connectivity index (χ0v) is 8.00. The zero-order valence-electron chi connectivity index (χ0n) is 8.00. The molecule has 4 heteroatoms. The largest absolute Gasteiger partial charge is 0.393 e. The Morgan fingerprint density at radius 2 is 2.29 bits per heavy atom. The van der Waals surface area contributed by atoms with Crippen molar-refractivity contribution in [2.75, 3.05) is 5.32 Å². The van der Waals surface area contributed by atoms with Crippen molar-refractivity contribution in [3.8, 4) is 0 Å². The summed E-state index contributed by atoms with van der Waals surface area (Å²) in [7, 11) is 0. The first-order valence-corrected chi connectivity index (χ1v) is 4.66. The first-order chi connectivity index (χ1) is 6.57. The molecule has 14 heavy (non-hydrogen) atoms. The van der Waals surface area contributed by atoms with Crippen molar-refractivity contribution in [2.24, 2.45) is 0 Å². The molecule has 3 nitrogen and oxygen atoms in total. The molecule has 0 saturated heterocycles. The predicted molar refractivity (Wildman–Crippen MR) is 51.5 cm³/mol. The Kier molecular flexibility index (Phi) is 2.15. The molecule has 0 radical (unpaired) electrons. The van der Waals surface area contributed by atoms with Gasteiger partial charge in [0.2, 0.25) is 5.95 Å². The highest BCUT2D eigenvalue weighted by Gasteiger charge is 2.39. The molecule has 1 aromatic rings. The smallest absolute Gasteiger partial charge is 0.214 e. The van der Waals surface area contributed by atoms with Crippen molar-refractivity contribution in [1.82, 2.24) is 4.98 Å². The summed E-state index contributed by atoms with van der Waals surface area (Å²) >= 11 is 0. The number of pyridine rings is 1. The number of aliphatic hydroxyl groups is 1. The Balaban J connectivity index is 2.04. The monoisotopic (exact) mass is 196 g/mol. The maximum atomic E-state index is 12.7. The molecule has 1 fully saturated rings. The van der Waals surface area contributed by atoms with Gasteiger partial charge in [0.15, 0.2) is 0 Å². The van der Waals surface area contributed by atoms with Gasteiger partial charge in [0, 0.05) is 5.54 Å². The standard InChI is InChI=1S/C10H13FN2O/c1-10(5-7(14)6-10)13-9-4-2-3-8(11)12-9/h2-4,7,14H,5-6H2,1H3,(H,12,13). The van der Waals surface area contributed by atoms with Crippen molar-refractivity contribution < 1.29 is 9.50 Å². The lowest BCUT2D eigenvalue weighted by Gasteiger charge is -2.43. The van der Waals surface area contributed by atoms with Gasteiger partial charge < -0.3 is 10.4 Å². The number of nitrogens with one attached hydrogen (secondary N) is 1. The number of halogens is 1. The van der Waals surface area contributed by atoms with Crippen LogP contribution in [0, 0.1) is 5.95 Å². The fourth-order valence-corrected chi connectivity index (χ4v) is 1.87. The van der Waals surface area contributed by atoms with Gasteiger partial charge in [-0.05, 0) is 31.9 Å². The molecule has 1 aliphatic rings. The Bertz CT molecular complexity index is 337. The molecule has 0 atom stereocenters. The summed E-state index contributed by atoms with van der Waals surface area (Å²) in [5, 5.41) is 12.3. The number of hydrogen-bond donors (Lipinski definition) is 2. The normalized spacial score (nSPS) is 30.9. The molecule has 0 aliphatic heterocycles. The van der Waals surface area contributed by atoms with Gasteiger partial charge in [0.25, 0.3) is 0 Å². The van der Waals surface area contributed by atoms with E-state index in [0.717, 1.165) is 0 Å². The van der Waals surface area contributed by atoms with Gasteiger partial charge in [-0.25, -0.2) is 4.98 Å². The van der Waals surface area contributed by atoms with Crippen LogP contribution in [-0.2, 0) is 0 Å². The number of nitrogens with zero attached hydrogens (tertiary/aromatic N) is 1. The highest BCUT2D eigenvalue weighted by molar-refractivity contribution is 5.38. The van der Waals surface area contributed by atoms with Crippen LogP contribution in [0.5, 0.6) is 0 Å². The molecular formula is C10H13FN2O. The first kappa shape index (κ1) is 9.40. The molecule has 1 saturated carbocycles. The third-order valence-electron chi connectivity index (χ3n) is 2.52. The van der Waals surface area contributed by atoms with E-state index in [0.29, 0.717) is 18.7 Å². The van der Waals surface area contributed by atoms with Crippen LogP contribution in [-0.4, -0.2) is 21.7 Å². The van der Waals surface area contributed by atoms with Crippen molar-refractivity contribution in [2.45, 2.75) is 31.4 Å². The minimum atomic E-state index is -0.488. The summed E-state index contributed by atoms with van der Waals surface area (Å²) in [4.78, 5) is 3.71. The Morgan fingerprint density at radius 1 is 1.57 bits per heavy atom. The SMILES string of the molecule is CC1(Nc2cccc(F)n2)CC(O)C1. The molecule has 0 amide bonds. The van der Waals surface area contributed by atoms with Crippen LogP contribution in [0.15, 0.2) is 18.2 Å². The molecule has 0 unspecified atom stereocenters.